The van der Waals surface area contributed by atoms with Crippen LogP contribution in [0.2, 0.25) is 0 Å². The molecule has 0 amide bonds. The standard InChI is InChI=1S/C10H21Cl2O6P/c1-9(11)7-17-19(14,18-8-10(2)12)16-6-5-15-4-3-13/h9-10,13H,3-8H2,1-2H3. The lowest BCUT2D eigenvalue weighted by Gasteiger charge is -2.19. The molecule has 2 atom stereocenters. The molecule has 0 saturated carbocycles. The summed E-state index contributed by atoms with van der Waals surface area (Å²) in [4.78, 5) is 0. The molecular formula is C10H21Cl2O6P. The molecule has 0 aliphatic carbocycles. The van der Waals surface area contributed by atoms with E-state index >= 15 is 0 Å². The van der Waals surface area contributed by atoms with Crippen LogP contribution < -0.4 is 0 Å². The lowest BCUT2D eigenvalue weighted by atomic mass is 10.5. The fourth-order valence-corrected chi connectivity index (χ4v) is 2.51. The minimum Gasteiger partial charge on any atom is -0.394 e. The lowest BCUT2D eigenvalue weighted by Crippen LogP contribution is -2.13. The van der Waals surface area contributed by atoms with E-state index in [2.05, 4.69) is 0 Å². The normalized spacial score (nSPS) is 17.9. The quantitative estimate of drug-likeness (QED) is 0.334. The first-order chi connectivity index (χ1) is 8.89. The molecule has 0 rings (SSSR count). The van der Waals surface area contributed by atoms with Gasteiger partial charge in [0.25, 0.3) is 0 Å². The minimum absolute atomic E-state index is 0.0185. The average molecular weight is 339 g/mol. The molecule has 1 N–H and O–H groups in total. The van der Waals surface area contributed by atoms with Gasteiger partial charge >= 0.3 is 7.82 Å². The van der Waals surface area contributed by atoms with Gasteiger partial charge in [0, 0.05) is 0 Å². The molecule has 0 bridgehead atoms. The fourth-order valence-electron chi connectivity index (χ4n) is 0.874. The first kappa shape index (κ1) is 19.6. The summed E-state index contributed by atoms with van der Waals surface area (Å²) in [7, 11) is -3.69. The van der Waals surface area contributed by atoms with Gasteiger partial charge in [-0.25, -0.2) is 4.57 Å². The van der Waals surface area contributed by atoms with Crippen molar-refractivity contribution >= 4 is 31.0 Å². The minimum atomic E-state index is -3.69. The van der Waals surface area contributed by atoms with Crippen molar-refractivity contribution in [1.29, 1.82) is 0 Å². The number of ether oxygens (including phenoxy) is 1. The summed E-state index contributed by atoms with van der Waals surface area (Å²) in [5.74, 6) is 0. The van der Waals surface area contributed by atoms with E-state index < -0.39 is 7.82 Å². The second kappa shape index (κ2) is 11.3. The molecule has 19 heavy (non-hydrogen) atoms. The van der Waals surface area contributed by atoms with Gasteiger partial charge in [-0.2, -0.15) is 0 Å². The van der Waals surface area contributed by atoms with E-state index in [0.29, 0.717) is 0 Å². The van der Waals surface area contributed by atoms with Crippen LogP contribution in [0.15, 0.2) is 0 Å². The van der Waals surface area contributed by atoms with Crippen LogP contribution in [-0.4, -0.2) is 55.5 Å². The van der Waals surface area contributed by atoms with E-state index in [9.17, 15) is 4.57 Å². The van der Waals surface area contributed by atoms with Crippen LogP contribution in [-0.2, 0) is 22.9 Å². The number of phosphoric ester groups is 1. The molecule has 0 aromatic rings. The number of phosphoric acid groups is 1. The Morgan fingerprint density at radius 2 is 1.53 bits per heavy atom. The van der Waals surface area contributed by atoms with Gasteiger partial charge in [-0.15, -0.1) is 23.2 Å². The van der Waals surface area contributed by atoms with E-state index in [1.54, 1.807) is 13.8 Å². The van der Waals surface area contributed by atoms with Gasteiger partial charge in [0.05, 0.1) is 50.4 Å². The Morgan fingerprint density at radius 1 is 1.00 bits per heavy atom. The van der Waals surface area contributed by atoms with Crippen LogP contribution in [0.3, 0.4) is 0 Å². The monoisotopic (exact) mass is 338 g/mol. The van der Waals surface area contributed by atoms with E-state index in [1.807, 2.05) is 0 Å². The van der Waals surface area contributed by atoms with Crippen molar-refractivity contribution in [3.8, 4) is 0 Å². The molecule has 0 aromatic carbocycles. The molecule has 9 heteroatoms. The van der Waals surface area contributed by atoms with Crippen LogP contribution in [0.1, 0.15) is 13.8 Å². The lowest BCUT2D eigenvalue weighted by molar-refractivity contribution is 0.0498. The smallest absolute Gasteiger partial charge is 0.394 e. The molecule has 0 heterocycles. The molecule has 0 saturated heterocycles. The number of hydrogen-bond acceptors (Lipinski definition) is 6. The predicted octanol–water partition coefficient (Wildman–Crippen LogP) is 2.41. The third-order valence-electron chi connectivity index (χ3n) is 1.64. The number of halogens is 2. The Morgan fingerprint density at radius 3 is 1.95 bits per heavy atom. The van der Waals surface area contributed by atoms with E-state index in [0.717, 1.165) is 0 Å². The maximum absolute atomic E-state index is 12.2. The Labute approximate surface area is 123 Å². The van der Waals surface area contributed by atoms with E-state index in [-0.39, 0.29) is 50.4 Å². The second-order valence-electron chi connectivity index (χ2n) is 3.77. The largest absolute Gasteiger partial charge is 0.474 e. The summed E-state index contributed by atoms with van der Waals surface area (Å²) in [5, 5.41) is 7.88. The number of aliphatic hydroxyl groups is 1. The third-order valence-corrected chi connectivity index (χ3v) is 3.32. The first-order valence-corrected chi connectivity index (χ1v) is 8.23. The molecule has 6 nitrogen and oxygen atoms in total. The van der Waals surface area contributed by atoms with Gasteiger partial charge in [0.1, 0.15) is 0 Å². The SMILES string of the molecule is CC(Cl)COP(=O)(OCCOCCO)OCC(C)Cl. The summed E-state index contributed by atoms with van der Waals surface area (Å²) < 4.78 is 32.3. The van der Waals surface area contributed by atoms with Gasteiger partial charge in [-0.05, 0) is 13.8 Å². The molecule has 0 aliphatic heterocycles. The summed E-state index contributed by atoms with van der Waals surface area (Å²) in [5.41, 5.74) is 0. The summed E-state index contributed by atoms with van der Waals surface area (Å²) >= 11 is 11.4. The summed E-state index contributed by atoms with van der Waals surface area (Å²) in [6, 6.07) is 0. The van der Waals surface area contributed by atoms with Gasteiger partial charge in [-0.3, -0.25) is 13.6 Å². The van der Waals surface area contributed by atoms with Crippen molar-refractivity contribution in [2.24, 2.45) is 0 Å². The molecule has 0 aromatic heterocycles. The maximum Gasteiger partial charge on any atom is 0.474 e. The van der Waals surface area contributed by atoms with Crippen molar-refractivity contribution in [2.75, 3.05) is 39.6 Å². The highest BCUT2D eigenvalue weighted by molar-refractivity contribution is 7.48. The van der Waals surface area contributed by atoms with Crippen LogP contribution in [0.5, 0.6) is 0 Å². The molecule has 0 fully saturated rings. The van der Waals surface area contributed by atoms with E-state index in [1.165, 1.54) is 0 Å². The van der Waals surface area contributed by atoms with Crippen LogP contribution in [0, 0.1) is 0 Å². The number of alkyl halides is 2. The second-order valence-corrected chi connectivity index (χ2v) is 6.93. The number of aliphatic hydroxyl groups excluding tert-OH is 1. The van der Waals surface area contributed by atoms with Gasteiger partial charge < -0.3 is 9.84 Å². The highest BCUT2D eigenvalue weighted by Crippen LogP contribution is 2.49. The Kier molecular flexibility index (Phi) is 11.7. The van der Waals surface area contributed by atoms with Gasteiger partial charge in [-0.1, -0.05) is 0 Å². The maximum atomic E-state index is 12.2. The molecule has 0 radical (unpaired) electrons. The van der Waals surface area contributed by atoms with E-state index in [4.69, 9.17) is 46.6 Å². The van der Waals surface area contributed by atoms with Crippen LogP contribution in [0.4, 0.5) is 0 Å². The molecule has 2 unspecified atom stereocenters. The summed E-state index contributed by atoms with van der Waals surface area (Å²) in [6.45, 7) is 3.75. The zero-order valence-electron chi connectivity index (χ0n) is 11.1. The van der Waals surface area contributed by atoms with Gasteiger partial charge in [0.15, 0.2) is 0 Å². The average Bonchev–Trinajstić information content (AvgIpc) is 2.34. The third kappa shape index (κ3) is 12.1. The molecular weight excluding hydrogens is 318 g/mol. The fraction of sp³-hybridized carbons (Fsp3) is 1.00. The zero-order valence-corrected chi connectivity index (χ0v) is 13.5. The van der Waals surface area contributed by atoms with Crippen molar-refractivity contribution < 1.29 is 28.0 Å². The molecule has 116 valence electrons. The van der Waals surface area contributed by atoms with Gasteiger partial charge in [0.2, 0.25) is 0 Å². The Bertz CT molecular complexity index is 248. The topological polar surface area (TPSA) is 74.2 Å². The number of hydrogen-bond donors (Lipinski definition) is 1. The zero-order chi connectivity index (χ0) is 14.7. The highest BCUT2D eigenvalue weighted by Gasteiger charge is 2.27. The first-order valence-electron chi connectivity index (χ1n) is 5.90. The van der Waals surface area contributed by atoms with Crippen molar-refractivity contribution in [2.45, 2.75) is 24.6 Å². The van der Waals surface area contributed by atoms with Crippen molar-refractivity contribution in [3.63, 3.8) is 0 Å². The Balaban J connectivity index is 4.12. The Hall–Kier alpha value is 0.610. The molecule has 0 spiro atoms. The van der Waals surface area contributed by atoms with Crippen LogP contribution >= 0.6 is 31.0 Å². The van der Waals surface area contributed by atoms with Crippen LogP contribution in [0.25, 0.3) is 0 Å². The van der Waals surface area contributed by atoms with Crippen molar-refractivity contribution in [3.05, 3.63) is 0 Å². The molecule has 0 aliphatic rings. The summed E-state index contributed by atoms with van der Waals surface area (Å²) in [6.07, 6.45) is 0. The predicted molar refractivity (Wildman–Crippen MR) is 74.0 cm³/mol. The highest BCUT2D eigenvalue weighted by atomic mass is 35.5. The van der Waals surface area contributed by atoms with Crippen molar-refractivity contribution in [1.82, 2.24) is 0 Å². The number of rotatable bonds is 12.